The summed E-state index contributed by atoms with van der Waals surface area (Å²) in [5.41, 5.74) is -0.807. The highest BCUT2D eigenvalue weighted by atomic mass is 35.7. The van der Waals surface area contributed by atoms with Crippen LogP contribution in [0.4, 0.5) is 13.2 Å². The first-order valence-corrected chi connectivity index (χ1v) is 7.05. The van der Waals surface area contributed by atoms with Gasteiger partial charge >= 0.3 is 6.18 Å². The summed E-state index contributed by atoms with van der Waals surface area (Å²) in [6.07, 6.45) is -4.49. The van der Waals surface area contributed by atoms with Crippen molar-refractivity contribution in [3.63, 3.8) is 0 Å². The van der Waals surface area contributed by atoms with Crippen LogP contribution in [-0.4, -0.2) is 8.42 Å². The van der Waals surface area contributed by atoms with Crippen LogP contribution in [0.5, 0.6) is 0 Å². The highest BCUT2D eigenvalue weighted by Gasteiger charge is 2.32. The Bertz CT molecular complexity index is 708. The van der Waals surface area contributed by atoms with Gasteiger partial charge in [-0.3, -0.25) is 0 Å². The van der Waals surface area contributed by atoms with E-state index < -0.39 is 20.8 Å². The molecule has 7 heteroatoms. The molecule has 0 aliphatic carbocycles. The summed E-state index contributed by atoms with van der Waals surface area (Å²) in [5.74, 6) is 0. The Balaban J connectivity index is 2.76. The van der Waals surface area contributed by atoms with Crippen LogP contribution in [0.15, 0.2) is 41.3 Å². The van der Waals surface area contributed by atoms with Crippen LogP contribution < -0.4 is 0 Å². The molecule has 2 nitrogen and oxygen atoms in total. The average Bonchev–Trinajstić information content (AvgIpc) is 2.25. The van der Waals surface area contributed by atoms with Gasteiger partial charge in [-0.05, 0) is 29.0 Å². The normalized spacial score (nSPS) is 12.9. The van der Waals surface area contributed by atoms with E-state index in [-0.39, 0.29) is 15.7 Å². The molecule has 2 rings (SSSR count). The molecule has 0 aliphatic heterocycles. The van der Waals surface area contributed by atoms with E-state index in [0.29, 0.717) is 0 Å². The zero-order valence-electron chi connectivity index (χ0n) is 8.70. The van der Waals surface area contributed by atoms with Crippen LogP contribution in [0.25, 0.3) is 10.8 Å². The molecule has 0 fully saturated rings. The van der Waals surface area contributed by atoms with Crippen molar-refractivity contribution in [3.05, 3.63) is 42.0 Å². The molecule has 0 aliphatic rings. The molecule has 2 aromatic carbocycles. The lowest BCUT2D eigenvalue weighted by molar-refractivity contribution is -0.136. The molecule has 2 aromatic rings. The molecule has 0 heterocycles. The minimum Gasteiger partial charge on any atom is -0.207 e. The Morgan fingerprint density at radius 3 is 2.28 bits per heavy atom. The number of hydrogen-bond acceptors (Lipinski definition) is 2. The van der Waals surface area contributed by atoms with E-state index in [2.05, 4.69) is 0 Å². The van der Waals surface area contributed by atoms with Crippen molar-refractivity contribution in [1.82, 2.24) is 0 Å². The van der Waals surface area contributed by atoms with Crippen molar-refractivity contribution in [2.24, 2.45) is 0 Å². The molecule has 0 radical (unpaired) electrons. The SMILES string of the molecule is O=S(=O)(Cl)c1ccc2c(C(F)(F)F)cccc2c1. The molecule has 0 saturated carbocycles. The van der Waals surface area contributed by atoms with E-state index in [0.717, 1.165) is 24.3 Å². The molecule has 0 atom stereocenters. The quantitative estimate of drug-likeness (QED) is 0.750. The predicted molar refractivity (Wildman–Crippen MR) is 62.0 cm³/mol. The van der Waals surface area contributed by atoms with E-state index in [4.69, 9.17) is 10.7 Å². The summed E-state index contributed by atoms with van der Waals surface area (Å²) in [7, 11) is 1.19. The Kier molecular flexibility index (Phi) is 3.03. The van der Waals surface area contributed by atoms with Crippen LogP contribution in [-0.2, 0) is 15.2 Å². The zero-order chi connectivity index (χ0) is 13.6. The monoisotopic (exact) mass is 294 g/mol. The molecular formula is C11H6ClF3O2S. The van der Waals surface area contributed by atoms with E-state index in [1.54, 1.807) is 0 Å². The summed E-state index contributed by atoms with van der Waals surface area (Å²) < 4.78 is 60.3. The molecule has 0 bridgehead atoms. The van der Waals surface area contributed by atoms with Crippen molar-refractivity contribution < 1.29 is 21.6 Å². The first kappa shape index (κ1) is 13.2. The number of alkyl halides is 3. The van der Waals surface area contributed by atoms with Crippen LogP contribution in [0, 0.1) is 0 Å². The maximum atomic E-state index is 12.7. The van der Waals surface area contributed by atoms with Gasteiger partial charge in [0.25, 0.3) is 9.05 Å². The molecule has 18 heavy (non-hydrogen) atoms. The summed E-state index contributed by atoms with van der Waals surface area (Å²) in [5, 5.41) is 0.112. The maximum Gasteiger partial charge on any atom is 0.417 e. The Morgan fingerprint density at radius 2 is 1.72 bits per heavy atom. The van der Waals surface area contributed by atoms with Gasteiger partial charge in [0.15, 0.2) is 0 Å². The smallest absolute Gasteiger partial charge is 0.207 e. The number of halogens is 4. The van der Waals surface area contributed by atoms with Crippen molar-refractivity contribution in [1.29, 1.82) is 0 Å². The third kappa shape index (κ3) is 2.44. The van der Waals surface area contributed by atoms with Crippen LogP contribution >= 0.6 is 10.7 Å². The van der Waals surface area contributed by atoms with Gasteiger partial charge in [0.05, 0.1) is 10.5 Å². The first-order chi connectivity index (χ1) is 8.19. The van der Waals surface area contributed by atoms with Gasteiger partial charge in [-0.25, -0.2) is 8.42 Å². The largest absolute Gasteiger partial charge is 0.417 e. The molecule has 0 spiro atoms. The molecule has 0 saturated heterocycles. The topological polar surface area (TPSA) is 34.1 Å². The van der Waals surface area contributed by atoms with Gasteiger partial charge < -0.3 is 0 Å². The summed E-state index contributed by atoms with van der Waals surface area (Å²) in [4.78, 5) is -0.226. The third-order valence-electron chi connectivity index (χ3n) is 2.44. The minimum atomic E-state index is -4.49. The fourth-order valence-corrected chi connectivity index (χ4v) is 2.45. The lowest BCUT2D eigenvalue weighted by Gasteiger charge is -2.10. The number of rotatable bonds is 1. The van der Waals surface area contributed by atoms with E-state index in [1.807, 2.05) is 0 Å². The van der Waals surface area contributed by atoms with Crippen LogP contribution in [0.2, 0.25) is 0 Å². The van der Waals surface area contributed by atoms with Crippen molar-refractivity contribution in [3.8, 4) is 0 Å². The summed E-state index contributed by atoms with van der Waals surface area (Å²) in [6.45, 7) is 0. The molecule has 96 valence electrons. The predicted octanol–water partition coefficient (Wildman–Crippen LogP) is 3.79. The fourth-order valence-electron chi connectivity index (χ4n) is 1.66. The van der Waals surface area contributed by atoms with Gasteiger partial charge in [-0.15, -0.1) is 0 Å². The standard InChI is InChI=1S/C11H6ClF3O2S/c12-18(16,17)8-4-5-9-7(6-8)2-1-3-10(9)11(13,14)15/h1-6H. The lowest BCUT2D eigenvalue weighted by atomic mass is 10.0. The third-order valence-corrected chi connectivity index (χ3v) is 3.79. The summed E-state index contributed by atoms with van der Waals surface area (Å²) in [6, 6.07) is 6.84. The van der Waals surface area contributed by atoms with Gasteiger partial charge in [0, 0.05) is 10.7 Å². The fraction of sp³-hybridized carbons (Fsp3) is 0.0909. The Labute approximate surface area is 105 Å². The maximum absolute atomic E-state index is 12.7. The highest BCUT2D eigenvalue weighted by Crippen LogP contribution is 2.35. The second-order valence-corrected chi connectivity index (χ2v) is 6.19. The molecule has 0 N–H and O–H groups in total. The van der Waals surface area contributed by atoms with Crippen molar-refractivity contribution in [2.45, 2.75) is 11.1 Å². The van der Waals surface area contributed by atoms with E-state index in [9.17, 15) is 21.6 Å². The average molecular weight is 295 g/mol. The van der Waals surface area contributed by atoms with Gasteiger partial charge in [-0.2, -0.15) is 13.2 Å². The van der Waals surface area contributed by atoms with E-state index >= 15 is 0 Å². The summed E-state index contributed by atoms with van der Waals surface area (Å²) >= 11 is 0. The molecule has 0 aromatic heterocycles. The second-order valence-electron chi connectivity index (χ2n) is 3.62. The van der Waals surface area contributed by atoms with E-state index in [1.165, 1.54) is 12.1 Å². The minimum absolute atomic E-state index is 0.0610. The number of hydrogen-bond donors (Lipinski definition) is 0. The van der Waals surface area contributed by atoms with Crippen LogP contribution in [0.1, 0.15) is 5.56 Å². The Morgan fingerprint density at radius 1 is 1.06 bits per heavy atom. The highest BCUT2D eigenvalue weighted by molar-refractivity contribution is 8.13. The van der Waals surface area contributed by atoms with Gasteiger partial charge in [-0.1, -0.05) is 18.2 Å². The van der Waals surface area contributed by atoms with Gasteiger partial charge in [0.2, 0.25) is 0 Å². The van der Waals surface area contributed by atoms with Crippen molar-refractivity contribution >= 4 is 30.5 Å². The molecule has 0 unspecified atom stereocenters. The first-order valence-electron chi connectivity index (χ1n) is 4.74. The van der Waals surface area contributed by atoms with Gasteiger partial charge in [0.1, 0.15) is 0 Å². The zero-order valence-corrected chi connectivity index (χ0v) is 10.3. The molecular weight excluding hydrogens is 289 g/mol. The van der Waals surface area contributed by atoms with Crippen molar-refractivity contribution in [2.75, 3.05) is 0 Å². The number of fused-ring (bicyclic) bond motifs is 1. The molecule has 0 amide bonds. The van der Waals surface area contributed by atoms with Crippen LogP contribution in [0.3, 0.4) is 0 Å². The lowest BCUT2D eigenvalue weighted by Crippen LogP contribution is -2.05. The number of benzene rings is 2. The second kappa shape index (κ2) is 4.13. The Hall–Kier alpha value is -1.27.